The van der Waals surface area contributed by atoms with Crippen molar-refractivity contribution in [1.82, 2.24) is 0 Å². The molecule has 0 N–H and O–H groups in total. The average molecular weight is 219 g/mol. The molecular weight excluding hydrogens is 208 g/mol. The van der Waals surface area contributed by atoms with Crippen molar-refractivity contribution in [1.29, 1.82) is 0 Å². The molecule has 0 aromatic carbocycles. The van der Waals surface area contributed by atoms with Gasteiger partial charge in [0.2, 0.25) is 0 Å². The fourth-order valence-corrected chi connectivity index (χ4v) is 2.05. The molecule has 13 heavy (non-hydrogen) atoms. The van der Waals surface area contributed by atoms with E-state index < -0.39 is 0 Å². The Hall–Kier alpha value is -0.540. The van der Waals surface area contributed by atoms with Gasteiger partial charge in [-0.25, -0.2) is 0 Å². The summed E-state index contributed by atoms with van der Waals surface area (Å²) in [5.74, 6) is -0.404. The molecular formula is C9H11ClO2S. The molecule has 0 bridgehead atoms. The maximum atomic E-state index is 11.3. The zero-order valence-electron chi connectivity index (χ0n) is 7.54. The van der Waals surface area contributed by atoms with Gasteiger partial charge >= 0.3 is 5.97 Å². The molecule has 0 amide bonds. The van der Waals surface area contributed by atoms with Crippen molar-refractivity contribution in [2.45, 2.75) is 19.8 Å². The molecule has 4 heteroatoms. The first kappa shape index (κ1) is 10.5. The highest BCUT2D eigenvalue weighted by atomic mass is 35.5. The van der Waals surface area contributed by atoms with Crippen LogP contribution in [0.3, 0.4) is 0 Å². The van der Waals surface area contributed by atoms with Crippen molar-refractivity contribution < 1.29 is 9.53 Å². The molecule has 0 saturated carbocycles. The first-order chi connectivity index (χ1) is 6.15. The van der Waals surface area contributed by atoms with Crippen molar-refractivity contribution >= 4 is 28.9 Å². The summed E-state index contributed by atoms with van der Waals surface area (Å²) in [6.45, 7) is 4.04. The van der Waals surface area contributed by atoms with Gasteiger partial charge in [0.05, 0.1) is 16.9 Å². The van der Waals surface area contributed by atoms with Crippen molar-refractivity contribution in [3.05, 3.63) is 21.3 Å². The molecule has 0 saturated heterocycles. The number of esters is 1. The summed E-state index contributed by atoms with van der Waals surface area (Å²) < 4.78 is 5.59. The number of carbonyl (C=O) groups is 1. The van der Waals surface area contributed by atoms with Gasteiger partial charge in [0.15, 0.2) is 0 Å². The van der Waals surface area contributed by atoms with E-state index in [1.165, 1.54) is 11.3 Å². The third kappa shape index (κ3) is 2.71. The molecule has 72 valence electrons. The first-order valence-electron chi connectivity index (χ1n) is 4.07. The summed E-state index contributed by atoms with van der Waals surface area (Å²) in [6.07, 6.45) is 0. The minimum absolute atomic E-state index is 0.194. The molecule has 1 rings (SSSR count). The Kier molecular flexibility index (Phi) is 3.75. The van der Waals surface area contributed by atoms with Crippen LogP contribution in [0.4, 0.5) is 0 Å². The average Bonchev–Trinajstić information content (AvgIpc) is 2.51. The van der Waals surface area contributed by atoms with Crippen molar-refractivity contribution in [2.24, 2.45) is 0 Å². The summed E-state index contributed by atoms with van der Waals surface area (Å²) in [7, 11) is 0. The Morgan fingerprint density at radius 3 is 2.85 bits per heavy atom. The number of hydrogen-bond acceptors (Lipinski definition) is 3. The van der Waals surface area contributed by atoms with Crippen LogP contribution in [0.15, 0.2) is 12.1 Å². The van der Waals surface area contributed by atoms with Crippen molar-refractivity contribution in [2.75, 3.05) is 6.61 Å². The van der Waals surface area contributed by atoms with Crippen LogP contribution in [0.1, 0.15) is 24.6 Å². The fourth-order valence-electron chi connectivity index (χ4n) is 0.944. The maximum Gasteiger partial charge on any atom is 0.313 e. The molecule has 1 heterocycles. The number of ether oxygens (including phenoxy) is 1. The molecule has 0 radical (unpaired) electrons. The van der Waals surface area contributed by atoms with Crippen LogP contribution in [0, 0.1) is 0 Å². The van der Waals surface area contributed by atoms with Gasteiger partial charge in [-0.15, -0.1) is 11.3 Å². The zero-order chi connectivity index (χ0) is 9.84. The van der Waals surface area contributed by atoms with Crippen LogP contribution in [-0.2, 0) is 9.53 Å². The summed E-state index contributed by atoms with van der Waals surface area (Å²) in [5, 5.41) is 0. The van der Waals surface area contributed by atoms with E-state index in [2.05, 4.69) is 0 Å². The maximum absolute atomic E-state index is 11.3. The van der Waals surface area contributed by atoms with E-state index in [0.717, 1.165) is 4.88 Å². The number of hydrogen-bond donors (Lipinski definition) is 0. The van der Waals surface area contributed by atoms with Gasteiger partial charge in [-0.2, -0.15) is 0 Å². The molecule has 0 aliphatic heterocycles. The van der Waals surface area contributed by atoms with E-state index in [1.54, 1.807) is 13.0 Å². The van der Waals surface area contributed by atoms with Gasteiger partial charge in [0.25, 0.3) is 0 Å². The Morgan fingerprint density at radius 1 is 1.69 bits per heavy atom. The van der Waals surface area contributed by atoms with Crippen LogP contribution < -0.4 is 0 Å². The molecule has 1 atom stereocenters. The van der Waals surface area contributed by atoms with E-state index >= 15 is 0 Å². The lowest BCUT2D eigenvalue weighted by molar-refractivity contribution is -0.144. The highest BCUT2D eigenvalue weighted by Crippen LogP contribution is 2.28. The molecule has 2 nitrogen and oxygen atoms in total. The molecule has 1 aromatic rings. The lowest BCUT2D eigenvalue weighted by Gasteiger charge is -2.07. The van der Waals surface area contributed by atoms with Gasteiger partial charge in [0, 0.05) is 4.88 Å². The van der Waals surface area contributed by atoms with Gasteiger partial charge in [0.1, 0.15) is 0 Å². The predicted octanol–water partition coefficient (Wildman–Crippen LogP) is 3.07. The summed E-state index contributed by atoms with van der Waals surface area (Å²) in [6, 6.07) is 3.64. The number of thiophene rings is 1. The van der Waals surface area contributed by atoms with Crippen LogP contribution >= 0.6 is 22.9 Å². The molecule has 0 aliphatic carbocycles. The standard InChI is InChI=1S/C9H11ClO2S/c1-3-12-9(11)6(2)7-4-5-8(10)13-7/h4-6H,3H2,1-2H3. The monoisotopic (exact) mass is 218 g/mol. The van der Waals surface area contributed by atoms with E-state index in [4.69, 9.17) is 16.3 Å². The summed E-state index contributed by atoms with van der Waals surface area (Å²) >= 11 is 7.17. The first-order valence-corrected chi connectivity index (χ1v) is 5.26. The number of rotatable bonds is 3. The van der Waals surface area contributed by atoms with Crippen LogP contribution in [-0.4, -0.2) is 12.6 Å². The number of halogens is 1. The second-order valence-corrected chi connectivity index (χ2v) is 4.36. The Labute approximate surface area is 86.5 Å². The number of carbonyl (C=O) groups excluding carboxylic acids is 1. The van der Waals surface area contributed by atoms with E-state index in [1.807, 2.05) is 13.0 Å². The fraction of sp³-hybridized carbons (Fsp3) is 0.444. The van der Waals surface area contributed by atoms with Gasteiger partial charge in [-0.05, 0) is 26.0 Å². The second-order valence-electron chi connectivity index (χ2n) is 2.62. The molecule has 1 unspecified atom stereocenters. The summed E-state index contributed by atoms with van der Waals surface area (Å²) in [5.41, 5.74) is 0. The quantitative estimate of drug-likeness (QED) is 0.729. The van der Waals surface area contributed by atoms with Crippen LogP contribution in [0.5, 0.6) is 0 Å². The normalized spacial score (nSPS) is 12.5. The SMILES string of the molecule is CCOC(=O)C(C)c1ccc(Cl)s1. The third-order valence-electron chi connectivity index (χ3n) is 1.66. The topological polar surface area (TPSA) is 26.3 Å². The Morgan fingerprint density at radius 2 is 2.38 bits per heavy atom. The van der Waals surface area contributed by atoms with Crippen LogP contribution in [0.2, 0.25) is 4.34 Å². The third-order valence-corrected chi connectivity index (χ3v) is 3.07. The van der Waals surface area contributed by atoms with E-state index in [0.29, 0.717) is 10.9 Å². The van der Waals surface area contributed by atoms with E-state index in [-0.39, 0.29) is 11.9 Å². The van der Waals surface area contributed by atoms with E-state index in [9.17, 15) is 4.79 Å². The molecule has 0 aliphatic rings. The second kappa shape index (κ2) is 4.63. The lowest BCUT2D eigenvalue weighted by atomic mass is 10.1. The van der Waals surface area contributed by atoms with Gasteiger partial charge in [-0.3, -0.25) is 4.79 Å². The molecule has 0 spiro atoms. The minimum Gasteiger partial charge on any atom is -0.466 e. The highest BCUT2D eigenvalue weighted by molar-refractivity contribution is 7.16. The summed E-state index contributed by atoms with van der Waals surface area (Å²) in [4.78, 5) is 12.2. The van der Waals surface area contributed by atoms with Crippen molar-refractivity contribution in [3.63, 3.8) is 0 Å². The Balaban J connectivity index is 2.67. The predicted molar refractivity (Wildman–Crippen MR) is 54.4 cm³/mol. The largest absolute Gasteiger partial charge is 0.466 e. The molecule has 0 fully saturated rings. The van der Waals surface area contributed by atoms with Gasteiger partial charge < -0.3 is 4.74 Å². The highest BCUT2D eigenvalue weighted by Gasteiger charge is 2.17. The Bertz CT molecular complexity index is 296. The minimum atomic E-state index is -0.211. The van der Waals surface area contributed by atoms with Crippen LogP contribution in [0.25, 0.3) is 0 Å². The smallest absolute Gasteiger partial charge is 0.313 e. The van der Waals surface area contributed by atoms with Crippen molar-refractivity contribution in [3.8, 4) is 0 Å². The molecule has 1 aromatic heterocycles. The lowest BCUT2D eigenvalue weighted by Crippen LogP contribution is -2.11. The zero-order valence-corrected chi connectivity index (χ0v) is 9.11. The van der Waals surface area contributed by atoms with Gasteiger partial charge in [-0.1, -0.05) is 11.6 Å².